The van der Waals surface area contributed by atoms with Crippen molar-refractivity contribution < 1.29 is 9.90 Å². The van der Waals surface area contributed by atoms with E-state index >= 15 is 0 Å². The Morgan fingerprint density at radius 2 is 1.67 bits per heavy atom. The third-order valence-corrected chi connectivity index (χ3v) is 3.07. The fourth-order valence-electron chi connectivity index (χ4n) is 2.05. The number of carbonyl (C=O) groups is 1. The van der Waals surface area contributed by atoms with E-state index < -0.39 is 0 Å². The summed E-state index contributed by atoms with van der Waals surface area (Å²) in [4.78, 5) is 11.8. The molecule has 0 aromatic heterocycles. The van der Waals surface area contributed by atoms with Crippen LogP contribution in [0.15, 0.2) is 54.6 Å². The summed E-state index contributed by atoms with van der Waals surface area (Å²) < 4.78 is 0. The van der Waals surface area contributed by atoms with Crippen LogP contribution in [0.25, 0.3) is 0 Å². The number of phenolic OH excluding ortho intramolecular Hbond substituents is 1. The van der Waals surface area contributed by atoms with E-state index in [2.05, 4.69) is 0 Å². The molecule has 2 aromatic carbocycles. The Hall–Kier alpha value is -2.09. The lowest BCUT2D eigenvalue weighted by atomic mass is 9.89. The second kappa shape index (κ2) is 5.50. The molecule has 0 bridgehead atoms. The molecule has 0 aliphatic heterocycles. The van der Waals surface area contributed by atoms with Crippen LogP contribution >= 0.6 is 0 Å². The van der Waals surface area contributed by atoms with Crippen molar-refractivity contribution in [3.05, 3.63) is 65.7 Å². The molecule has 0 radical (unpaired) electrons. The highest BCUT2D eigenvalue weighted by Crippen LogP contribution is 2.23. The summed E-state index contributed by atoms with van der Waals surface area (Å²) in [5.74, 6) is 0.221. The molecule has 0 fully saturated rings. The number of phenols is 1. The topological polar surface area (TPSA) is 37.3 Å². The third kappa shape index (κ3) is 2.98. The average molecular weight is 240 g/mol. The van der Waals surface area contributed by atoms with Gasteiger partial charge in [0.1, 0.15) is 11.5 Å². The number of aromatic hydroxyl groups is 1. The van der Waals surface area contributed by atoms with Crippen molar-refractivity contribution in [1.29, 1.82) is 0 Å². The number of hydrogen-bond acceptors (Lipinski definition) is 2. The van der Waals surface area contributed by atoms with Gasteiger partial charge >= 0.3 is 0 Å². The number of benzene rings is 2. The van der Waals surface area contributed by atoms with Crippen LogP contribution in [0.2, 0.25) is 0 Å². The van der Waals surface area contributed by atoms with Crippen molar-refractivity contribution in [3.63, 3.8) is 0 Å². The normalized spacial score (nSPS) is 12.1. The van der Waals surface area contributed by atoms with E-state index in [0.29, 0.717) is 6.42 Å². The molecule has 18 heavy (non-hydrogen) atoms. The van der Waals surface area contributed by atoms with E-state index in [-0.39, 0.29) is 17.5 Å². The van der Waals surface area contributed by atoms with E-state index in [1.54, 1.807) is 19.1 Å². The van der Waals surface area contributed by atoms with Crippen LogP contribution in [0.4, 0.5) is 0 Å². The zero-order valence-corrected chi connectivity index (χ0v) is 10.3. The Bertz CT molecular complexity index is 515. The minimum absolute atomic E-state index is 0.143. The molecule has 2 heteroatoms. The zero-order chi connectivity index (χ0) is 13.0. The van der Waals surface area contributed by atoms with Gasteiger partial charge in [0.05, 0.1) is 0 Å². The van der Waals surface area contributed by atoms with Crippen LogP contribution in [-0.4, -0.2) is 10.9 Å². The summed E-state index contributed by atoms with van der Waals surface area (Å²) in [6.45, 7) is 1.61. The quantitative estimate of drug-likeness (QED) is 0.890. The van der Waals surface area contributed by atoms with Gasteiger partial charge in [-0.2, -0.15) is 0 Å². The van der Waals surface area contributed by atoms with Crippen LogP contribution in [0.5, 0.6) is 5.75 Å². The van der Waals surface area contributed by atoms with Crippen LogP contribution < -0.4 is 0 Å². The Labute approximate surface area is 107 Å². The van der Waals surface area contributed by atoms with Gasteiger partial charge in [-0.05, 0) is 36.6 Å². The first kappa shape index (κ1) is 12.4. The number of carbonyl (C=O) groups excluding carboxylic acids is 1. The largest absolute Gasteiger partial charge is 0.508 e. The van der Waals surface area contributed by atoms with Crippen molar-refractivity contribution in [2.24, 2.45) is 0 Å². The molecule has 2 rings (SSSR count). The predicted molar refractivity (Wildman–Crippen MR) is 71.7 cm³/mol. The first-order chi connectivity index (χ1) is 8.66. The first-order valence-corrected chi connectivity index (χ1v) is 6.00. The summed E-state index contributed by atoms with van der Waals surface area (Å²) >= 11 is 0. The average Bonchev–Trinajstić information content (AvgIpc) is 2.38. The summed E-state index contributed by atoms with van der Waals surface area (Å²) in [5, 5.41) is 9.28. The van der Waals surface area contributed by atoms with Crippen molar-refractivity contribution in [1.82, 2.24) is 0 Å². The minimum atomic E-state index is -0.145. The third-order valence-electron chi connectivity index (χ3n) is 3.07. The molecule has 1 atom stereocenters. The maximum absolute atomic E-state index is 11.8. The Morgan fingerprint density at radius 3 is 2.22 bits per heavy atom. The molecule has 0 saturated heterocycles. The van der Waals surface area contributed by atoms with Crippen LogP contribution in [0.3, 0.4) is 0 Å². The van der Waals surface area contributed by atoms with Gasteiger partial charge in [-0.15, -0.1) is 0 Å². The molecule has 0 amide bonds. The second-order valence-corrected chi connectivity index (χ2v) is 4.44. The highest BCUT2D eigenvalue weighted by molar-refractivity contribution is 5.83. The highest BCUT2D eigenvalue weighted by Gasteiger charge is 2.17. The lowest BCUT2D eigenvalue weighted by Gasteiger charge is -2.14. The van der Waals surface area contributed by atoms with Crippen molar-refractivity contribution in [2.75, 3.05) is 0 Å². The fourth-order valence-corrected chi connectivity index (χ4v) is 2.05. The fraction of sp³-hybridized carbons (Fsp3) is 0.188. The van der Waals surface area contributed by atoms with Crippen molar-refractivity contribution in [3.8, 4) is 5.75 Å². The molecule has 1 N–H and O–H groups in total. The molecule has 2 aromatic rings. The smallest absolute Gasteiger partial charge is 0.137 e. The number of Topliss-reactive ketones (excluding diaryl/α,β-unsaturated/α-hetero) is 1. The van der Waals surface area contributed by atoms with Gasteiger partial charge in [0.15, 0.2) is 0 Å². The molecule has 0 heterocycles. The first-order valence-electron chi connectivity index (χ1n) is 6.00. The summed E-state index contributed by atoms with van der Waals surface area (Å²) in [6.07, 6.45) is 0.695. The lowest BCUT2D eigenvalue weighted by Crippen LogP contribution is -2.11. The lowest BCUT2D eigenvalue weighted by molar-refractivity contribution is -0.118. The molecule has 0 aliphatic rings. The molecular formula is C16H16O2. The van der Waals surface area contributed by atoms with Crippen LogP contribution in [-0.2, 0) is 11.2 Å². The van der Waals surface area contributed by atoms with Gasteiger partial charge in [0, 0.05) is 5.92 Å². The molecule has 0 spiro atoms. The minimum Gasteiger partial charge on any atom is -0.508 e. The van der Waals surface area contributed by atoms with E-state index in [4.69, 9.17) is 0 Å². The van der Waals surface area contributed by atoms with Gasteiger partial charge < -0.3 is 5.11 Å². The maximum Gasteiger partial charge on any atom is 0.137 e. The molecule has 0 aliphatic carbocycles. The van der Waals surface area contributed by atoms with Gasteiger partial charge in [0.2, 0.25) is 0 Å². The van der Waals surface area contributed by atoms with E-state index in [9.17, 15) is 9.90 Å². The van der Waals surface area contributed by atoms with Crippen molar-refractivity contribution in [2.45, 2.75) is 19.3 Å². The number of ketones is 1. The SMILES string of the molecule is CC(=O)C(Cc1ccccc1)c1ccc(O)cc1. The molecule has 92 valence electrons. The van der Waals surface area contributed by atoms with E-state index in [1.165, 1.54) is 0 Å². The van der Waals surface area contributed by atoms with E-state index in [0.717, 1.165) is 11.1 Å². The zero-order valence-electron chi connectivity index (χ0n) is 10.3. The monoisotopic (exact) mass is 240 g/mol. The molecule has 0 saturated carbocycles. The molecular weight excluding hydrogens is 224 g/mol. The Morgan fingerprint density at radius 1 is 1.06 bits per heavy atom. The highest BCUT2D eigenvalue weighted by atomic mass is 16.3. The standard InChI is InChI=1S/C16H16O2/c1-12(17)16(11-13-5-3-2-4-6-13)14-7-9-15(18)10-8-14/h2-10,16,18H,11H2,1H3. The Kier molecular flexibility index (Phi) is 3.78. The molecule has 2 nitrogen and oxygen atoms in total. The summed E-state index contributed by atoms with van der Waals surface area (Å²) in [5.41, 5.74) is 2.09. The van der Waals surface area contributed by atoms with Gasteiger partial charge in [-0.3, -0.25) is 4.79 Å². The van der Waals surface area contributed by atoms with E-state index in [1.807, 2.05) is 42.5 Å². The summed E-state index contributed by atoms with van der Waals surface area (Å²) in [7, 11) is 0. The maximum atomic E-state index is 11.8. The van der Waals surface area contributed by atoms with Gasteiger partial charge in [-0.1, -0.05) is 42.5 Å². The van der Waals surface area contributed by atoms with Crippen molar-refractivity contribution >= 4 is 5.78 Å². The number of rotatable bonds is 4. The molecule has 1 unspecified atom stereocenters. The van der Waals surface area contributed by atoms with Gasteiger partial charge in [0.25, 0.3) is 0 Å². The second-order valence-electron chi connectivity index (χ2n) is 4.44. The van der Waals surface area contributed by atoms with Gasteiger partial charge in [-0.25, -0.2) is 0 Å². The summed E-state index contributed by atoms with van der Waals surface area (Å²) in [6, 6.07) is 16.8. The number of hydrogen-bond donors (Lipinski definition) is 1. The van der Waals surface area contributed by atoms with Crippen LogP contribution in [0.1, 0.15) is 24.0 Å². The Balaban J connectivity index is 2.24. The predicted octanol–water partition coefficient (Wildman–Crippen LogP) is 3.31. The van der Waals surface area contributed by atoms with Crippen LogP contribution in [0, 0.1) is 0 Å².